The molecular formula is C13H22N2O2. The number of nitrogens with zero attached hydrogens (tertiary/aromatic N) is 1. The normalized spacial score (nSPS) is 10.8. The molecule has 0 aliphatic heterocycles. The van der Waals surface area contributed by atoms with E-state index in [1.807, 2.05) is 18.5 Å². The highest BCUT2D eigenvalue weighted by Crippen LogP contribution is 2.12. The Labute approximate surface area is 102 Å². The van der Waals surface area contributed by atoms with E-state index in [0.717, 1.165) is 18.7 Å². The number of aryl methyl sites for hydroxylation is 1. The van der Waals surface area contributed by atoms with Gasteiger partial charge in [-0.2, -0.15) is 0 Å². The second-order valence-electron chi connectivity index (χ2n) is 4.39. The Morgan fingerprint density at radius 1 is 1.41 bits per heavy atom. The molecule has 1 heterocycles. The second-order valence-corrected chi connectivity index (χ2v) is 4.39. The van der Waals surface area contributed by atoms with E-state index in [0.29, 0.717) is 12.2 Å². The summed E-state index contributed by atoms with van der Waals surface area (Å²) < 4.78 is 1.85. The third-order valence-electron chi connectivity index (χ3n) is 3.03. The third kappa shape index (κ3) is 3.60. The molecule has 1 rings (SSSR count). The summed E-state index contributed by atoms with van der Waals surface area (Å²) in [5.41, 5.74) is 1.22. The number of hydrogen-bond donors (Lipinski definition) is 2. The van der Waals surface area contributed by atoms with Crippen LogP contribution in [-0.4, -0.2) is 16.2 Å². The first kappa shape index (κ1) is 13.8. The van der Waals surface area contributed by atoms with Crippen molar-refractivity contribution in [3.05, 3.63) is 27.7 Å². The fourth-order valence-electron chi connectivity index (χ4n) is 1.78. The highest BCUT2D eigenvalue weighted by Gasteiger charge is 2.09. The van der Waals surface area contributed by atoms with Crippen LogP contribution in [0.3, 0.4) is 0 Å². The number of hydrogen-bond acceptors (Lipinski definition) is 3. The van der Waals surface area contributed by atoms with Gasteiger partial charge >= 0.3 is 0 Å². The van der Waals surface area contributed by atoms with E-state index in [4.69, 9.17) is 0 Å². The summed E-state index contributed by atoms with van der Waals surface area (Å²) in [6.07, 6.45) is 3.51. The van der Waals surface area contributed by atoms with Crippen molar-refractivity contribution in [2.45, 2.75) is 39.7 Å². The maximum atomic E-state index is 11.5. The minimum absolute atomic E-state index is 0.138. The first-order valence-corrected chi connectivity index (χ1v) is 6.17. The number of rotatable bonds is 6. The minimum Gasteiger partial charge on any atom is -0.503 e. The number of nitrogens with one attached hydrogen (secondary N) is 1. The number of unbranched alkanes of at least 4 members (excludes halogenated alkanes) is 2. The monoisotopic (exact) mass is 238 g/mol. The molecule has 0 radical (unpaired) electrons. The van der Waals surface area contributed by atoms with Gasteiger partial charge in [0.2, 0.25) is 5.43 Å². The Morgan fingerprint density at radius 2 is 2.12 bits per heavy atom. The molecule has 0 aromatic carbocycles. The van der Waals surface area contributed by atoms with E-state index < -0.39 is 0 Å². The molecule has 0 spiro atoms. The van der Waals surface area contributed by atoms with Crippen molar-refractivity contribution < 1.29 is 5.11 Å². The van der Waals surface area contributed by atoms with Crippen molar-refractivity contribution in [1.29, 1.82) is 0 Å². The van der Waals surface area contributed by atoms with Crippen LogP contribution in [0.15, 0.2) is 10.9 Å². The Bertz CT molecular complexity index is 424. The van der Waals surface area contributed by atoms with Gasteiger partial charge in [-0.15, -0.1) is 0 Å². The quantitative estimate of drug-likeness (QED) is 0.741. The maximum Gasteiger partial charge on any atom is 0.223 e. The fourth-order valence-corrected chi connectivity index (χ4v) is 1.78. The second kappa shape index (κ2) is 6.45. The third-order valence-corrected chi connectivity index (χ3v) is 3.03. The molecule has 1 aromatic rings. The zero-order valence-electron chi connectivity index (χ0n) is 10.9. The predicted molar refractivity (Wildman–Crippen MR) is 69.3 cm³/mol. The van der Waals surface area contributed by atoms with Crippen LogP contribution in [0.5, 0.6) is 5.75 Å². The Balaban J connectivity index is 2.67. The number of aromatic hydroxyl groups is 1. The Kier molecular flexibility index (Phi) is 5.22. The molecule has 0 saturated carbocycles. The zero-order chi connectivity index (χ0) is 12.8. The lowest BCUT2D eigenvalue weighted by atomic mass is 10.2. The van der Waals surface area contributed by atoms with E-state index in [9.17, 15) is 9.90 Å². The van der Waals surface area contributed by atoms with Crippen molar-refractivity contribution in [3.8, 4) is 5.75 Å². The van der Waals surface area contributed by atoms with Crippen LogP contribution in [-0.2, 0) is 13.6 Å². The molecule has 0 aliphatic carbocycles. The molecule has 0 fully saturated rings. The molecule has 17 heavy (non-hydrogen) atoms. The summed E-state index contributed by atoms with van der Waals surface area (Å²) in [5, 5.41) is 13.0. The molecule has 0 unspecified atom stereocenters. The van der Waals surface area contributed by atoms with Gasteiger partial charge in [-0.3, -0.25) is 4.79 Å². The van der Waals surface area contributed by atoms with Crippen LogP contribution in [0, 0.1) is 6.92 Å². The zero-order valence-corrected chi connectivity index (χ0v) is 10.9. The van der Waals surface area contributed by atoms with Crippen molar-refractivity contribution in [3.63, 3.8) is 0 Å². The molecule has 4 nitrogen and oxygen atoms in total. The van der Waals surface area contributed by atoms with E-state index in [2.05, 4.69) is 12.2 Å². The molecule has 0 aliphatic rings. The van der Waals surface area contributed by atoms with Crippen LogP contribution < -0.4 is 10.7 Å². The maximum absolute atomic E-state index is 11.5. The molecule has 0 amide bonds. The first-order valence-electron chi connectivity index (χ1n) is 6.17. The molecular weight excluding hydrogens is 216 g/mol. The van der Waals surface area contributed by atoms with E-state index in [-0.39, 0.29) is 11.2 Å². The van der Waals surface area contributed by atoms with E-state index in [1.165, 1.54) is 18.9 Å². The lowest BCUT2D eigenvalue weighted by Gasteiger charge is -2.14. The van der Waals surface area contributed by atoms with Crippen molar-refractivity contribution in [2.75, 3.05) is 6.54 Å². The number of pyridine rings is 1. The molecule has 2 N–H and O–H groups in total. The summed E-state index contributed by atoms with van der Waals surface area (Å²) in [5.74, 6) is -0.138. The molecule has 1 aromatic heterocycles. The SMILES string of the molecule is CCCCCNCc1c(O)c(=O)cc(C)n1C. The smallest absolute Gasteiger partial charge is 0.223 e. The molecule has 96 valence electrons. The van der Waals surface area contributed by atoms with Gasteiger partial charge in [0.15, 0.2) is 5.75 Å². The van der Waals surface area contributed by atoms with Gasteiger partial charge in [-0.05, 0) is 19.9 Å². The lowest BCUT2D eigenvalue weighted by molar-refractivity contribution is 0.445. The topological polar surface area (TPSA) is 54.3 Å². The van der Waals surface area contributed by atoms with Crippen molar-refractivity contribution >= 4 is 0 Å². The van der Waals surface area contributed by atoms with Crippen LogP contribution in [0.25, 0.3) is 0 Å². The van der Waals surface area contributed by atoms with Gasteiger partial charge in [-0.1, -0.05) is 19.8 Å². The lowest BCUT2D eigenvalue weighted by Crippen LogP contribution is -2.21. The Morgan fingerprint density at radius 3 is 2.76 bits per heavy atom. The van der Waals surface area contributed by atoms with Gasteiger partial charge in [0.05, 0.1) is 5.69 Å². The van der Waals surface area contributed by atoms with Crippen molar-refractivity contribution in [1.82, 2.24) is 9.88 Å². The van der Waals surface area contributed by atoms with Crippen LogP contribution in [0.1, 0.15) is 37.6 Å². The molecule has 4 heteroatoms. The van der Waals surface area contributed by atoms with Gasteiger partial charge in [-0.25, -0.2) is 0 Å². The van der Waals surface area contributed by atoms with Gasteiger partial charge in [0.25, 0.3) is 0 Å². The van der Waals surface area contributed by atoms with Gasteiger partial charge in [0.1, 0.15) is 0 Å². The summed E-state index contributed by atoms with van der Waals surface area (Å²) in [4.78, 5) is 11.5. The van der Waals surface area contributed by atoms with Crippen LogP contribution in [0.4, 0.5) is 0 Å². The fraction of sp³-hybridized carbons (Fsp3) is 0.615. The standard InChI is InChI=1S/C13H22N2O2/c1-4-5-6-7-14-9-11-13(17)12(16)8-10(2)15(11)3/h8,14,17H,4-7,9H2,1-3H3. The summed E-state index contributed by atoms with van der Waals surface area (Å²) in [7, 11) is 1.86. The van der Waals surface area contributed by atoms with E-state index in [1.54, 1.807) is 0 Å². The largest absolute Gasteiger partial charge is 0.503 e. The average molecular weight is 238 g/mol. The highest BCUT2D eigenvalue weighted by atomic mass is 16.3. The van der Waals surface area contributed by atoms with E-state index >= 15 is 0 Å². The average Bonchev–Trinajstić information content (AvgIpc) is 2.30. The first-order chi connectivity index (χ1) is 8.07. The summed E-state index contributed by atoms with van der Waals surface area (Å²) in [6, 6.07) is 1.45. The predicted octanol–water partition coefficient (Wildman–Crippen LogP) is 1.68. The molecule has 0 bridgehead atoms. The highest BCUT2D eigenvalue weighted by molar-refractivity contribution is 5.29. The van der Waals surface area contributed by atoms with Crippen LogP contribution in [0.2, 0.25) is 0 Å². The van der Waals surface area contributed by atoms with Gasteiger partial charge in [0, 0.05) is 25.4 Å². The molecule has 0 atom stereocenters. The summed E-state index contributed by atoms with van der Waals surface area (Å²) >= 11 is 0. The van der Waals surface area contributed by atoms with Gasteiger partial charge < -0.3 is 15.0 Å². The minimum atomic E-state index is -0.300. The summed E-state index contributed by atoms with van der Waals surface area (Å²) in [6.45, 7) is 5.47. The van der Waals surface area contributed by atoms with Crippen molar-refractivity contribution in [2.24, 2.45) is 7.05 Å². The Hall–Kier alpha value is -1.29. The molecule has 0 saturated heterocycles. The van der Waals surface area contributed by atoms with Crippen LogP contribution >= 0.6 is 0 Å². The number of aromatic nitrogens is 1.